The van der Waals surface area contributed by atoms with E-state index in [1.165, 1.54) is 0 Å². The molecule has 64 valence electrons. The summed E-state index contributed by atoms with van der Waals surface area (Å²) in [5, 5.41) is 3.12. The SMILES string of the molecule is C1=CN/C(=C/c2ccccn2)C=C1. The van der Waals surface area contributed by atoms with Crippen LogP contribution in [0.4, 0.5) is 0 Å². The van der Waals surface area contributed by atoms with Crippen LogP contribution in [0, 0.1) is 0 Å². The topological polar surface area (TPSA) is 24.9 Å². The van der Waals surface area contributed by atoms with Gasteiger partial charge in [-0.1, -0.05) is 12.1 Å². The van der Waals surface area contributed by atoms with E-state index >= 15 is 0 Å². The van der Waals surface area contributed by atoms with E-state index in [0.29, 0.717) is 0 Å². The summed E-state index contributed by atoms with van der Waals surface area (Å²) in [7, 11) is 0. The lowest BCUT2D eigenvalue weighted by Gasteiger charge is -2.04. The van der Waals surface area contributed by atoms with Crippen molar-refractivity contribution in [2.24, 2.45) is 0 Å². The third kappa shape index (κ3) is 2.06. The number of rotatable bonds is 1. The van der Waals surface area contributed by atoms with Crippen LogP contribution in [0.5, 0.6) is 0 Å². The lowest BCUT2D eigenvalue weighted by Crippen LogP contribution is -2.04. The minimum absolute atomic E-state index is 0.963. The number of pyridine rings is 1. The Morgan fingerprint density at radius 2 is 2.23 bits per heavy atom. The quantitative estimate of drug-likeness (QED) is 0.698. The molecule has 1 aliphatic rings. The van der Waals surface area contributed by atoms with Gasteiger partial charge in [0.25, 0.3) is 0 Å². The molecule has 0 aliphatic carbocycles. The largest absolute Gasteiger partial charge is 0.362 e. The van der Waals surface area contributed by atoms with Crippen LogP contribution in [0.15, 0.2) is 54.5 Å². The molecule has 0 bridgehead atoms. The molecule has 1 aromatic heterocycles. The number of dihydropyridines is 1. The highest BCUT2D eigenvalue weighted by molar-refractivity contribution is 5.53. The summed E-state index contributed by atoms with van der Waals surface area (Å²) >= 11 is 0. The van der Waals surface area contributed by atoms with Crippen LogP contribution in [-0.2, 0) is 0 Å². The van der Waals surface area contributed by atoms with Crippen molar-refractivity contribution < 1.29 is 0 Å². The van der Waals surface area contributed by atoms with Crippen LogP contribution in [0.3, 0.4) is 0 Å². The van der Waals surface area contributed by atoms with Gasteiger partial charge < -0.3 is 5.32 Å². The molecule has 1 aliphatic heterocycles. The van der Waals surface area contributed by atoms with Crippen molar-refractivity contribution in [1.82, 2.24) is 10.3 Å². The van der Waals surface area contributed by atoms with Crippen LogP contribution in [-0.4, -0.2) is 4.98 Å². The normalized spacial score (nSPS) is 17.4. The third-order valence-corrected chi connectivity index (χ3v) is 1.72. The lowest BCUT2D eigenvalue weighted by molar-refractivity contribution is 1.10. The first-order valence-electron chi connectivity index (χ1n) is 4.18. The number of hydrogen-bond acceptors (Lipinski definition) is 2. The molecule has 2 heterocycles. The summed E-state index contributed by atoms with van der Waals surface area (Å²) in [6.45, 7) is 0. The van der Waals surface area contributed by atoms with E-state index in [9.17, 15) is 0 Å². The van der Waals surface area contributed by atoms with Crippen molar-refractivity contribution >= 4 is 6.08 Å². The molecule has 1 aromatic rings. The van der Waals surface area contributed by atoms with E-state index in [4.69, 9.17) is 0 Å². The Balaban J connectivity index is 2.21. The van der Waals surface area contributed by atoms with Crippen LogP contribution in [0.1, 0.15) is 5.69 Å². The van der Waals surface area contributed by atoms with Gasteiger partial charge in [0.05, 0.1) is 5.69 Å². The molecule has 2 nitrogen and oxygen atoms in total. The Labute approximate surface area is 77.3 Å². The van der Waals surface area contributed by atoms with Gasteiger partial charge in [-0.15, -0.1) is 0 Å². The van der Waals surface area contributed by atoms with Crippen molar-refractivity contribution in [2.75, 3.05) is 0 Å². The maximum atomic E-state index is 4.20. The highest BCUT2D eigenvalue weighted by Crippen LogP contribution is 2.04. The highest BCUT2D eigenvalue weighted by atomic mass is 14.8. The fourth-order valence-corrected chi connectivity index (χ4v) is 1.12. The molecule has 0 unspecified atom stereocenters. The molecule has 0 aromatic carbocycles. The van der Waals surface area contributed by atoms with Gasteiger partial charge in [-0.3, -0.25) is 4.98 Å². The fraction of sp³-hybridized carbons (Fsp3) is 0. The summed E-state index contributed by atoms with van der Waals surface area (Å²) < 4.78 is 0. The number of nitrogens with one attached hydrogen (secondary N) is 1. The first kappa shape index (κ1) is 7.80. The zero-order valence-corrected chi connectivity index (χ0v) is 7.14. The average Bonchev–Trinajstić information content (AvgIpc) is 2.21. The predicted molar refractivity (Wildman–Crippen MR) is 53.6 cm³/mol. The smallest absolute Gasteiger partial charge is 0.0650 e. The second-order valence-corrected chi connectivity index (χ2v) is 2.72. The first-order valence-corrected chi connectivity index (χ1v) is 4.18. The number of nitrogens with zero attached hydrogens (tertiary/aromatic N) is 1. The second kappa shape index (κ2) is 3.72. The van der Waals surface area contributed by atoms with Gasteiger partial charge in [0.2, 0.25) is 0 Å². The molecule has 0 spiro atoms. The van der Waals surface area contributed by atoms with Crippen LogP contribution >= 0.6 is 0 Å². The Morgan fingerprint density at radius 1 is 1.23 bits per heavy atom. The van der Waals surface area contributed by atoms with Crippen molar-refractivity contribution in [2.45, 2.75) is 0 Å². The number of aromatic nitrogens is 1. The predicted octanol–water partition coefficient (Wildman–Crippen LogP) is 2.10. The van der Waals surface area contributed by atoms with Gasteiger partial charge in [-0.2, -0.15) is 0 Å². The van der Waals surface area contributed by atoms with E-state index in [1.807, 2.05) is 48.7 Å². The lowest BCUT2D eigenvalue weighted by atomic mass is 10.2. The van der Waals surface area contributed by atoms with Crippen LogP contribution in [0.25, 0.3) is 6.08 Å². The van der Waals surface area contributed by atoms with Crippen molar-refractivity contribution in [3.8, 4) is 0 Å². The molecule has 1 N–H and O–H groups in total. The number of allylic oxidation sites excluding steroid dienone is 3. The van der Waals surface area contributed by atoms with Gasteiger partial charge in [0.15, 0.2) is 0 Å². The maximum Gasteiger partial charge on any atom is 0.0650 e. The van der Waals surface area contributed by atoms with Crippen LogP contribution in [0.2, 0.25) is 0 Å². The zero-order valence-electron chi connectivity index (χ0n) is 7.14. The number of hydrogen-bond donors (Lipinski definition) is 1. The Hall–Kier alpha value is -1.83. The summed E-state index contributed by atoms with van der Waals surface area (Å²) in [5.74, 6) is 0. The molecule has 0 saturated heterocycles. The molecule has 13 heavy (non-hydrogen) atoms. The Bertz CT molecular complexity index is 361. The van der Waals surface area contributed by atoms with Crippen molar-refractivity contribution in [1.29, 1.82) is 0 Å². The summed E-state index contributed by atoms with van der Waals surface area (Å²) in [6, 6.07) is 5.86. The molecule has 0 saturated carbocycles. The molecule has 0 radical (unpaired) electrons. The van der Waals surface area contributed by atoms with E-state index < -0.39 is 0 Å². The van der Waals surface area contributed by atoms with E-state index in [-0.39, 0.29) is 0 Å². The van der Waals surface area contributed by atoms with Gasteiger partial charge in [-0.05, 0) is 30.4 Å². The van der Waals surface area contributed by atoms with Crippen molar-refractivity contribution in [3.63, 3.8) is 0 Å². The first-order chi connectivity index (χ1) is 6.45. The van der Waals surface area contributed by atoms with Crippen LogP contribution < -0.4 is 5.32 Å². The van der Waals surface area contributed by atoms with Gasteiger partial charge in [-0.25, -0.2) is 0 Å². The molecule has 0 fully saturated rings. The average molecular weight is 170 g/mol. The molecule has 0 amide bonds. The minimum Gasteiger partial charge on any atom is -0.362 e. The van der Waals surface area contributed by atoms with E-state index in [2.05, 4.69) is 10.3 Å². The van der Waals surface area contributed by atoms with E-state index in [0.717, 1.165) is 11.4 Å². The second-order valence-electron chi connectivity index (χ2n) is 2.72. The monoisotopic (exact) mass is 170 g/mol. The van der Waals surface area contributed by atoms with Crippen molar-refractivity contribution in [3.05, 3.63) is 60.2 Å². The zero-order chi connectivity index (χ0) is 8.93. The summed E-state index contributed by atoms with van der Waals surface area (Å²) in [4.78, 5) is 4.20. The highest BCUT2D eigenvalue weighted by Gasteiger charge is 1.92. The van der Waals surface area contributed by atoms with Gasteiger partial charge >= 0.3 is 0 Å². The Morgan fingerprint density at radius 3 is 2.92 bits per heavy atom. The summed E-state index contributed by atoms with van der Waals surface area (Å²) in [6.07, 6.45) is 11.6. The molecule has 0 atom stereocenters. The minimum atomic E-state index is 0.963. The third-order valence-electron chi connectivity index (χ3n) is 1.72. The van der Waals surface area contributed by atoms with Gasteiger partial charge in [0, 0.05) is 18.1 Å². The van der Waals surface area contributed by atoms with Gasteiger partial charge in [0.1, 0.15) is 0 Å². The molecular weight excluding hydrogens is 160 g/mol. The standard InChI is InChI=1S/C11H10N2/c1-3-7-12-10(5-1)9-11-6-2-4-8-13-11/h1-9,12H/b10-9+. The molecule has 2 heteroatoms. The molecule has 2 rings (SSSR count). The summed E-state index contributed by atoms with van der Waals surface area (Å²) in [5.41, 5.74) is 2.02. The fourth-order valence-electron chi connectivity index (χ4n) is 1.12. The molecular formula is C11H10N2. The van der Waals surface area contributed by atoms with E-state index in [1.54, 1.807) is 6.20 Å². The maximum absolute atomic E-state index is 4.20. The Kier molecular flexibility index (Phi) is 2.23.